The summed E-state index contributed by atoms with van der Waals surface area (Å²) in [6.45, 7) is 0. The standard InChI is InChI=1S/C14H20BrNOS/c15-10-11-4-1-7-13(11)16-14(17)8-2-5-12-6-3-9-18-12/h3,6,9,11,13H,1-2,4-5,7-8,10H2,(H,16,17). The average molecular weight is 330 g/mol. The van der Waals surface area contributed by atoms with Crippen LogP contribution in [-0.4, -0.2) is 17.3 Å². The van der Waals surface area contributed by atoms with Crippen LogP contribution in [0.3, 0.4) is 0 Å². The number of amides is 1. The highest BCUT2D eigenvalue weighted by Gasteiger charge is 2.27. The van der Waals surface area contributed by atoms with Gasteiger partial charge in [-0.3, -0.25) is 4.79 Å². The molecule has 1 amide bonds. The molecule has 18 heavy (non-hydrogen) atoms. The van der Waals surface area contributed by atoms with Crippen molar-refractivity contribution >= 4 is 33.2 Å². The van der Waals surface area contributed by atoms with Gasteiger partial charge >= 0.3 is 0 Å². The predicted octanol–water partition coefficient (Wildman–Crippen LogP) is 3.75. The number of aryl methyl sites for hydroxylation is 1. The number of alkyl halides is 1. The maximum atomic E-state index is 11.9. The fraction of sp³-hybridized carbons (Fsp3) is 0.643. The van der Waals surface area contributed by atoms with Gasteiger partial charge < -0.3 is 5.32 Å². The highest BCUT2D eigenvalue weighted by molar-refractivity contribution is 9.09. The van der Waals surface area contributed by atoms with Crippen LogP contribution in [-0.2, 0) is 11.2 Å². The minimum absolute atomic E-state index is 0.226. The Morgan fingerprint density at radius 3 is 3.11 bits per heavy atom. The van der Waals surface area contributed by atoms with Crippen LogP contribution in [0, 0.1) is 5.92 Å². The van der Waals surface area contributed by atoms with Gasteiger partial charge in [-0.15, -0.1) is 11.3 Å². The summed E-state index contributed by atoms with van der Waals surface area (Å²) in [5.74, 6) is 0.857. The van der Waals surface area contributed by atoms with Crippen LogP contribution < -0.4 is 5.32 Å². The van der Waals surface area contributed by atoms with Crippen molar-refractivity contribution in [2.45, 2.75) is 44.6 Å². The fourth-order valence-corrected chi connectivity index (χ4v) is 4.09. The fourth-order valence-electron chi connectivity index (χ4n) is 2.57. The first-order valence-electron chi connectivity index (χ1n) is 6.67. The first-order valence-corrected chi connectivity index (χ1v) is 8.67. The molecule has 0 bridgehead atoms. The van der Waals surface area contributed by atoms with Crippen LogP contribution in [0.25, 0.3) is 0 Å². The van der Waals surface area contributed by atoms with Gasteiger partial charge in [0.25, 0.3) is 0 Å². The minimum Gasteiger partial charge on any atom is -0.353 e. The Kier molecular flexibility index (Phi) is 5.70. The van der Waals surface area contributed by atoms with E-state index >= 15 is 0 Å². The molecule has 1 saturated carbocycles. The number of hydrogen-bond acceptors (Lipinski definition) is 2. The van der Waals surface area contributed by atoms with E-state index in [1.54, 1.807) is 11.3 Å². The second-order valence-corrected chi connectivity index (χ2v) is 6.63. The van der Waals surface area contributed by atoms with Gasteiger partial charge in [-0.05, 0) is 43.0 Å². The van der Waals surface area contributed by atoms with Gasteiger partial charge in [0, 0.05) is 22.7 Å². The lowest BCUT2D eigenvalue weighted by Crippen LogP contribution is -2.37. The molecular weight excluding hydrogens is 310 g/mol. The zero-order valence-electron chi connectivity index (χ0n) is 10.5. The maximum absolute atomic E-state index is 11.9. The van der Waals surface area contributed by atoms with Crippen molar-refractivity contribution in [1.29, 1.82) is 0 Å². The van der Waals surface area contributed by atoms with E-state index in [-0.39, 0.29) is 5.91 Å². The van der Waals surface area contributed by atoms with E-state index in [0.717, 1.165) is 24.6 Å². The third-order valence-corrected chi connectivity index (χ3v) is 5.38. The highest BCUT2D eigenvalue weighted by atomic mass is 79.9. The van der Waals surface area contributed by atoms with Crippen LogP contribution in [0.5, 0.6) is 0 Å². The molecule has 4 heteroatoms. The van der Waals surface area contributed by atoms with Crippen molar-refractivity contribution in [3.8, 4) is 0 Å². The van der Waals surface area contributed by atoms with Crippen LogP contribution in [0.4, 0.5) is 0 Å². The Hall–Kier alpha value is -0.350. The molecule has 1 aliphatic rings. The molecule has 0 aromatic carbocycles. The van der Waals surface area contributed by atoms with Crippen LogP contribution in [0.2, 0.25) is 0 Å². The molecule has 100 valence electrons. The van der Waals surface area contributed by atoms with Crippen molar-refractivity contribution < 1.29 is 4.79 Å². The second-order valence-electron chi connectivity index (χ2n) is 4.95. The lowest BCUT2D eigenvalue weighted by atomic mass is 10.1. The van der Waals surface area contributed by atoms with E-state index in [1.165, 1.54) is 17.7 Å². The average Bonchev–Trinajstić information content (AvgIpc) is 3.00. The van der Waals surface area contributed by atoms with Crippen LogP contribution >= 0.6 is 27.3 Å². The number of rotatable bonds is 6. The summed E-state index contributed by atoms with van der Waals surface area (Å²) in [5, 5.41) is 6.29. The number of halogens is 1. The summed E-state index contributed by atoms with van der Waals surface area (Å²) in [7, 11) is 0. The van der Waals surface area contributed by atoms with Gasteiger partial charge in [-0.2, -0.15) is 0 Å². The van der Waals surface area contributed by atoms with Gasteiger partial charge in [0.2, 0.25) is 5.91 Å². The Labute approximate surface area is 121 Å². The van der Waals surface area contributed by atoms with E-state index in [0.29, 0.717) is 18.4 Å². The molecule has 1 aliphatic carbocycles. The summed E-state index contributed by atoms with van der Waals surface area (Å²) in [6, 6.07) is 4.61. The zero-order chi connectivity index (χ0) is 12.8. The zero-order valence-corrected chi connectivity index (χ0v) is 12.9. The molecular formula is C14H20BrNOS. The maximum Gasteiger partial charge on any atom is 0.220 e. The van der Waals surface area contributed by atoms with Crippen molar-refractivity contribution in [2.75, 3.05) is 5.33 Å². The summed E-state index contributed by atoms with van der Waals surface area (Å²) >= 11 is 5.31. The highest BCUT2D eigenvalue weighted by Crippen LogP contribution is 2.27. The van der Waals surface area contributed by atoms with E-state index in [2.05, 4.69) is 38.8 Å². The molecule has 1 N–H and O–H groups in total. The molecule has 0 radical (unpaired) electrons. The topological polar surface area (TPSA) is 29.1 Å². The summed E-state index contributed by atoms with van der Waals surface area (Å²) < 4.78 is 0. The monoisotopic (exact) mass is 329 g/mol. The molecule has 2 nitrogen and oxygen atoms in total. The van der Waals surface area contributed by atoms with E-state index < -0.39 is 0 Å². The number of nitrogens with one attached hydrogen (secondary N) is 1. The molecule has 2 atom stereocenters. The van der Waals surface area contributed by atoms with Gasteiger partial charge in [-0.1, -0.05) is 28.4 Å². The lowest BCUT2D eigenvalue weighted by Gasteiger charge is -2.18. The third kappa shape index (κ3) is 4.09. The number of carbonyl (C=O) groups excluding carboxylic acids is 1. The molecule has 1 heterocycles. The third-order valence-electron chi connectivity index (χ3n) is 3.61. The van der Waals surface area contributed by atoms with Gasteiger partial charge in [-0.25, -0.2) is 0 Å². The molecule has 0 saturated heterocycles. The van der Waals surface area contributed by atoms with E-state index in [1.807, 2.05) is 0 Å². The van der Waals surface area contributed by atoms with E-state index in [4.69, 9.17) is 0 Å². The van der Waals surface area contributed by atoms with Crippen LogP contribution in [0.1, 0.15) is 37.0 Å². The summed E-state index contributed by atoms with van der Waals surface area (Å²) in [5.41, 5.74) is 0. The van der Waals surface area contributed by atoms with Gasteiger partial charge in [0.05, 0.1) is 0 Å². The first-order chi connectivity index (χ1) is 8.79. The molecule has 2 unspecified atom stereocenters. The normalized spacial score (nSPS) is 23.2. The van der Waals surface area contributed by atoms with Gasteiger partial charge in [0.15, 0.2) is 0 Å². The molecule has 0 spiro atoms. The Morgan fingerprint density at radius 2 is 2.39 bits per heavy atom. The van der Waals surface area contributed by atoms with E-state index in [9.17, 15) is 4.79 Å². The SMILES string of the molecule is O=C(CCCc1cccs1)NC1CCCC1CBr. The summed E-state index contributed by atoms with van der Waals surface area (Å²) in [6.07, 6.45) is 6.27. The quantitative estimate of drug-likeness (QED) is 0.791. The number of thiophene rings is 1. The molecule has 1 aromatic rings. The molecule has 1 fully saturated rings. The Morgan fingerprint density at radius 1 is 1.50 bits per heavy atom. The lowest BCUT2D eigenvalue weighted by molar-refractivity contribution is -0.122. The van der Waals surface area contributed by atoms with Crippen molar-refractivity contribution in [3.05, 3.63) is 22.4 Å². The predicted molar refractivity (Wildman–Crippen MR) is 80.3 cm³/mol. The Balaban J connectivity index is 1.65. The van der Waals surface area contributed by atoms with Crippen LogP contribution in [0.15, 0.2) is 17.5 Å². The second kappa shape index (κ2) is 7.29. The summed E-state index contributed by atoms with van der Waals surface area (Å²) in [4.78, 5) is 13.2. The molecule has 0 aliphatic heterocycles. The number of hydrogen-bond donors (Lipinski definition) is 1. The smallest absolute Gasteiger partial charge is 0.220 e. The van der Waals surface area contributed by atoms with Crippen molar-refractivity contribution in [3.63, 3.8) is 0 Å². The first kappa shape index (κ1) is 14.1. The largest absolute Gasteiger partial charge is 0.353 e. The number of carbonyl (C=O) groups is 1. The van der Waals surface area contributed by atoms with Crippen molar-refractivity contribution in [2.24, 2.45) is 5.92 Å². The molecule has 2 rings (SSSR count). The van der Waals surface area contributed by atoms with Crippen molar-refractivity contribution in [1.82, 2.24) is 5.32 Å². The molecule has 1 aromatic heterocycles. The minimum atomic E-state index is 0.226. The Bertz CT molecular complexity index is 366. The van der Waals surface area contributed by atoms with Gasteiger partial charge in [0.1, 0.15) is 0 Å².